The molecular weight excluding hydrogens is 336 g/mol. The minimum Gasteiger partial charge on any atom is -0.480 e. The lowest BCUT2D eigenvalue weighted by Gasteiger charge is -2.12. The van der Waals surface area contributed by atoms with Gasteiger partial charge < -0.3 is 14.8 Å². The lowest BCUT2D eigenvalue weighted by atomic mass is 10.3. The van der Waals surface area contributed by atoms with Crippen molar-refractivity contribution in [3.8, 4) is 11.6 Å². The summed E-state index contributed by atoms with van der Waals surface area (Å²) in [6.45, 7) is -2.90. The highest BCUT2D eigenvalue weighted by molar-refractivity contribution is 9.10. The highest BCUT2D eigenvalue weighted by atomic mass is 79.9. The van der Waals surface area contributed by atoms with Crippen molar-refractivity contribution in [1.82, 2.24) is 9.97 Å². The fourth-order valence-corrected chi connectivity index (χ4v) is 1.80. The van der Waals surface area contributed by atoms with Crippen molar-refractivity contribution in [3.63, 3.8) is 0 Å². The summed E-state index contributed by atoms with van der Waals surface area (Å²) in [6.07, 6.45) is 1.49. The first-order valence-electron chi connectivity index (χ1n) is 5.47. The van der Waals surface area contributed by atoms with Gasteiger partial charge >= 0.3 is 6.61 Å². The fourth-order valence-electron chi connectivity index (χ4n) is 1.44. The zero-order valence-electron chi connectivity index (χ0n) is 10.3. The molecule has 0 fully saturated rings. The van der Waals surface area contributed by atoms with E-state index in [1.165, 1.54) is 19.4 Å². The summed E-state index contributed by atoms with van der Waals surface area (Å²) in [5.41, 5.74) is 0.331. The van der Waals surface area contributed by atoms with Gasteiger partial charge in [-0.25, -0.2) is 4.98 Å². The van der Waals surface area contributed by atoms with Gasteiger partial charge in [-0.2, -0.15) is 13.8 Å². The van der Waals surface area contributed by atoms with E-state index in [1.807, 2.05) is 0 Å². The van der Waals surface area contributed by atoms with Crippen molar-refractivity contribution in [1.29, 1.82) is 0 Å². The molecule has 0 atom stereocenters. The van der Waals surface area contributed by atoms with Crippen molar-refractivity contribution < 1.29 is 18.3 Å². The second-order valence-electron chi connectivity index (χ2n) is 3.55. The molecule has 0 bridgehead atoms. The summed E-state index contributed by atoms with van der Waals surface area (Å²) >= 11 is 3.22. The van der Waals surface area contributed by atoms with E-state index in [9.17, 15) is 8.78 Å². The van der Waals surface area contributed by atoms with Crippen LogP contribution in [0.5, 0.6) is 11.6 Å². The number of aromatic nitrogens is 2. The molecule has 106 valence electrons. The highest BCUT2D eigenvalue weighted by Gasteiger charge is 2.11. The number of ether oxygens (including phenoxy) is 2. The lowest BCUT2D eigenvalue weighted by Crippen LogP contribution is -2.05. The molecule has 1 aromatic carbocycles. The molecule has 8 heteroatoms. The monoisotopic (exact) mass is 345 g/mol. The number of halogens is 3. The average Bonchev–Trinajstić information content (AvgIpc) is 2.42. The molecule has 2 rings (SSSR count). The predicted molar refractivity (Wildman–Crippen MR) is 72.6 cm³/mol. The van der Waals surface area contributed by atoms with Crippen LogP contribution < -0.4 is 14.8 Å². The second-order valence-corrected chi connectivity index (χ2v) is 4.40. The van der Waals surface area contributed by atoms with Crippen LogP contribution in [0.25, 0.3) is 0 Å². The Kier molecular flexibility index (Phi) is 4.67. The predicted octanol–water partition coefficient (Wildman–Crippen LogP) is 3.59. The molecule has 0 saturated carbocycles. The first-order chi connectivity index (χ1) is 9.60. The Bertz CT molecular complexity index is 599. The van der Waals surface area contributed by atoms with E-state index in [-0.39, 0.29) is 11.7 Å². The Morgan fingerprint density at radius 2 is 2.05 bits per heavy atom. The summed E-state index contributed by atoms with van der Waals surface area (Å²) in [5.74, 6) is 0.540. The third kappa shape index (κ3) is 3.53. The summed E-state index contributed by atoms with van der Waals surface area (Å²) < 4.78 is 34.6. The number of para-hydroxylation sites is 2. The number of methoxy groups -OCH3 is 1. The van der Waals surface area contributed by atoms with Gasteiger partial charge in [0, 0.05) is 0 Å². The second kappa shape index (κ2) is 6.47. The van der Waals surface area contributed by atoms with Gasteiger partial charge in [-0.3, -0.25) is 0 Å². The van der Waals surface area contributed by atoms with Crippen LogP contribution >= 0.6 is 15.9 Å². The highest BCUT2D eigenvalue weighted by Crippen LogP contribution is 2.29. The molecule has 0 unspecified atom stereocenters. The van der Waals surface area contributed by atoms with Crippen molar-refractivity contribution in [2.24, 2.45) is 0 Å². The van der Waals surface area contributed by atoms with Gasteiger partial charge in [0.25, 0.3) is 0 Å². The number of benzene rings is 1. The van der Waals surface area contributed by atoms with Crippen LogP contribution in [0.4, 0.5) is 20.4 Å². The van der Waals surface area contributed by atoms with Crippen LogP contribution in [0, 0.1) is 0 Å². The maximum absolute atomic E-state index is 12.3. The lowest BCUT2D eigenvalue weighted by molar-refractivity contribution is -0.0493. The topological polar surface area (TPSA) is 56.3 Å². The van der Waals surface area contributed by atoms with E-state index in [4.69, 9.17) is 4.74 Å². The molecule has 0 aliphatic heterocycles. The van der Waals surface area contributed by atoms with E-state index in [0.717, 1.165) is 0 Å². The fraction of sp³-hybridized carbons (Fsp3) is 0.167. The van der Waals surface area contributed by atoms with Crippen molar-refractivity contribution in [2.45, 2.75) is 6.61 Å². The third-order valence-corrected chi connectivity index (χ3v) is 2.80. The number of nitrogens with one attached hydrogen (secondary N) is 1. The molecule has 2 aromatic rings. The van der Waals surface area contributed by atoms with E-state index < -0.39 is 6.61 Å². The smallest absolute Gasteiger partial charge is 0.387 e. The number of anilines is 2. The van der Waals surface area contributed by atoms with E-state index in [2.05, 4.69) is 36.0 Å². The summed E-state index contributed by atoms with van der Waals surface area (Å²) in [6, 6.07) is 6.27. The maximum Gasteiger partial charge on any atom is 0.387 e. The molecule has 1 N–H and O–H groups in total. The summed E-state index contributed by atoms with van der Waals surface area (Å²) in [7, 11) is 1.46. The van der Waals surface area contributed by atoms with Gasteiger partial charge in [-0.1, -0.05) is 12.1 Å². The molecule has 0 saturated heterocycles. The largest absolute Gasteiger partial charge is 0.480 e. The van der Waals surface area contributed by atoms with Gasteiger partial charge in [-0.15, -0.1) is 0 Å². The minimum atomic E-state index is -2.90. The van der Waals surface area contributed by atoms with Crippen LogP contribution in [-0.2, 0) is 0 Å². The Morgan fingerprint density at radius 3 is 2.75 bits per heavy atom. The van der Waals surface area contributed by atoms with Crippen LogP contribution in [0.3, 0.4) is 0 Å². The van der Waals surface area contributed by atoms with Crippen LogP contribution in [0.2, 0.25) is 0 Å². The molecule has 0 amide bonds. The quantitative estimate of drug-likeness (QED) is 0.897. The van der Waals surface area contributed by atoms with Crippen molar-refractivity contribution >= 4 is 27.6 Å². The molecule has 0 radical (unpaired) electrons. The molecule has 0 aliphatic rings. The van der Waals surface area contributed by atoms with Gasteiger partial charge in [-0.05, 0) is 28.1 Å². The summed E-state index contributed by atoms with van der Waals surface area (Å²) in [5, 5.41) is 2.80. The van der Waals surface area contributed by atoms with Crippen LogP contribution in [-0.4, -0.2) is 23.7 Å². The van der Waals surface area contributed by atoms with Crippen molar-refractivity contribution in [3.05, 3.63) is 34.9 Å². The molecule has 5 nitrogen and oxygen atoms in total. The summed E-state index contributed by atoms with van der Waals surface area (Å²) in [4.78, 5) is 8.08. The molecule has 1 heterocycles. The molecule has 0 aliphatic carbocycles. The molecule has 0 spiro atoms. The van der Waals surface area contributed by atoms with Gasteiger partial charge in [0.1, 0.15) is 5.75 Å². The van der Waals surface area contributed by atoms with E-state index in [1.54, 1.807) is 18.2 Å². The van der Waals surface area contributed by atoms with Gasteiger partial charge in [0.15, 0.2) is 0 Å². The molecule has 1 aromatic heterocycles. The molecular formula is C12H10BrF2N3O2. The number of rotatable bonds is 5. The van der Waals surface area contributed by atoms with E-state index in [0.29, 0.717) is 16.0 Å². The van der Waals surface area contributed by atoms with Crippen LogP contribution in [0.1, 0.15) is 0 Å². The van der Waals surface area contributed by atoms with Crippen molar-refractivity contribution in [2.75, 3.05) is 12.4 Å². The van der Waals surface area contributed by atoms with E-state index >= 15 is 0 Å². The Hall–Kier alpha value is -1.96. The number of hydrogen-bond donors (Lipinski definition) is 1. The average molecular weight is 346 g/mol. The SMILES string of the molecule is COc1nc(Nc2ccccc2OC(F)F)ncc1Br. The standard InChI is InChI=1S/C12H10BrF2N3O2/c1-19-10-7(13)6-16-12(18-10)17-8-4-2-3-5-9(8)20-11(14)15/h2-6,11H,1H3,(H,16,17,18). The van der Waals surface area contributed by atoms with Gasteiger partial charge in [0.05, 0.1) is 23.5 Å². The minimum absolute atomic E-state index is 0.00739. The number of nitrogens with zero attached hydrogens (tertiary/aromatic N) is 2. The Balaban J connectivity index is 2.25. The molecule has 20 heavy (non-hydrogen) atoms. The number of alkyl halides is 2. The van der Waals surface area contributed by atoms with Crippen LogP contribution in [0.15, 0.2) is 34.9 Å². The normalized spacial score (nSPS) is 10.4. The third-order valence-electron chi connectivity index (χ3n) is 2.25. The first-order valence-corrected chi connectivity index (χ1v) is 6.27. The zero-order chi connectivity index (χ0) is 14.5. The maximum atomic E-state index is 12.3. The first kappa shape index (κ1) is 14.4. The Labute approximate surface area is 122 Å². The zero-order valence-corrected chi connectivity index (χ0v) is 11.9. The van der Waals surface area contributed by atoms with Gasteiger partial charge in [0.2, 0.25) is 11.8 Å². The Morgan fingerprint density at radius 1 is 1.30 bits per heavy atom. The number of hydrogen-bond acceptors (Lipinski definition) is 5.